The summed E-state index contributed by atoms with van der Waals surface area (Å²) in [6, 6.07) is 7.37. The molecule has 1 aromatic carbocycles. The zero-order valence-corrected chi connectivity index (χ0v) is 11.5. The van der Waals surface area contributed by atoms with E-state index >= 15 is 0 Å². The minimum atomic E-state index is 0.0235. The molecule has 0 spiro atoms. The van der Waals surface area contributed by atoms with Gasteiger partial charge in [0.25, 0.3) is 0 Å². The second kappa shape index (κ2) is 9.22. The Morgan fingerprint density at radius 1 is 1.11 bits per heavy atom. The average Bonchev–Trinajstić information content (AvgIpc) is 2.44. The maximum Gasteiger partial charge on any atom is 0.220 e. The molecule has 0 fully saturated rings. The van der Waals surface area contributed by atoms with Crippen molar-refractivity contribution < 1.29 is 19.0 Å². The lowest BCUT2D eigenvalue weighted by molar-refractivity contribution is -0.121. The smallest absolute Gasteiger partial charge is 0.220 e. The van der Waals surface area contributed by atoms with Crippen molar-refractivity contribution in [3.8, 4) is 11.5 Å². The maximum absolute atomic E-state index is 11.4. The summed E-state index contributed by atoms with van der Waals surface area (Å²) in [6.45, 7) is 1.60. The Morgan fingerprint density at radius 2 is 1.79 bits per heavy atom. The Hall–Kier alpha value is -1.75. The second-order valence-corrected chi connectivity index (χ2v) is 3.97. The first-order chi connectivity index (χ1) is 9.26. The normalized spacial score (nSPS) is 10.0. The largest absolute Gasteiger partial charge is 0.497 e. The summed E-state index contributed by atoms with van der Waals surface area (Å²) >= 11 is 0. The van der Waals surface area contributed by atoms with Gasteiger partial charge >= 0.3 is 0 Å². The lowest BCUT2D eigenvalue weighted by atomic mass is 10.3. The van der Waals surface area contributed by atoms with Gasteiger partial charge in [0.05, 0.1) is 20.3 Å². The van der Waals surface area contributed by atoms with Crippen molar-refractivity contribution in [1.82, 2.24) is 5.32 Å². The van der Waals surface area contributed by atoms with Crippen molar-refractivity contribution in [2.75, 3.05) is 34.0 Å². The molecule has 19 heavy (non-hydrogen) atoms. The third-order valence-electron chi connectivity index (χ3n) is 2.50. The minimum absolute atomic E-state index is 0.0235. The van der Waals surface area contributed by atoms with Gasteiger partial charge in [0.1, 0.15) is 11.5 Å². The van der Waals surface area contributed by atoms with Gasteiger partial charge in [-0.3, -0.25) is 4.79 Å². The summed E-state index contributed by atoms with van der Waals surface area (Å²) in [7, 11) is 3.23. The molecule has 0 aromatic heterocycles. The molecule has 0 saturated carbocycles. The Labute approximate surface area is 113 Å². The van der Waals surface area contributed by atoms with Gasteiger partial charge in [-0.2, -0.15) is 0 Å². The SMILES string of the molecule is COCCNC(=O)CCCOc1ccc(OC)cc1. The highest BCUT2D eigenvalue weighted by Gasteiger charge is 2.01. The molecule has 1 aromatic rings. The first-order valence-corrected chi connectivity index (χ1v) is 6.28. The number of rotatable bonds is 9. The summed E-state index contributed by atoms with van der Waals surface area (Å²) in [6.07, 6.45) is 1.14. The van der Waals surface area contributed by atoms with Crippen LogP contribution < -0.4 is 14.8 Å². The predicted molar refractivity (Wildman–Crippen MR) is 72.6 cm³/mol. The average molecular weight is 267 g/mol. The molecule has 5 heteroatoms. The number of amides is 1. The summed E-state index contributed by atoms with van der Waals surface area (Å²) < 4.78 is 15.4. The molecule has 0 unspecified atom stereocenters. The zero-order valence-electron chi connectivity index (χ0n) is 11.5. The molecule has 0 aliphatic carbocycles. The number of ether oxygens (including phenoxy) is 3. The number of carbonyl (C=O) groups excluding carboxylic acids is 1. The second-order valence-electron chi connectivity index (χ2n) is 3.97. The molecule has 5 nitrogen and oxygen atoms in total. The molecule has 0 radical (unpaired) electrons. The van der Waals surface area contributed by atoms with Gasteiger partial charge in [-0.05, 0) is 30.7 Å². The van der Waals surface area contributed by atoms with E-state index < -0.39 is 0 Å². The van der Waals surface area contributed by atoms with E-state index in [4.69, 9.17) is 14.2 Å². The third-order valence-corrected chi connectivity index (χ3v) is 2.50. The van der Waals surface area contributed by atoms with Crippen LogP contribution in [0.25, 0.3) is 0 Å². The summed E-state index contributed by atoms with van der Waals surface area (Å²) in [5, 5.41) is 2.76. The van der Waals surface area contributed by atoms with Gasteiger partial charge < -0.3 is 19.5 Å². The first kappa shape index (κ1) is 15.3. The van der Waals surface area contributed by atoms with Crippen molar-refractivity contribution in [3.05, 3.63) is 24.3 Å². The molecule has 0 aliphatic rings. The van der Waals surface area contributed by atoms with Crippen LogP contribution in [-0.4, -0.2) is 39.9 Å². The van der Waals surface area contributed by atoms with Crippen LogP contribution in [0.2, 0.25) is 0 Å². The monoisotopic (exact) mass is 267 g/mol. The number of nitrogens with one attached hydrogen (secondary N) is 1. The molecule has 1 rings (SSSR count). The standard InChI is InChI=1S/C14H21NO4/c1-17-11-9-15-14(16)4-3-10-19-13-7-5-12(18-2)6-8-13/h5-8H,3-4,9-11H2,1-2H3,(H,15,16). The van der Waals surface area contributed by atoms with Crippen LogP contribution in [0.4, 0.5) is 0 Å². The van der Waals surface area contributed by atoms with E-state index in [1.807, 2.05) is 24.3 Å². The fourth-order valence-corrected chi connectivity index (χ4v) is 1.48. The van der Waals surface area contributed by atoms with Crippen molar-refractivity contribution in [2.45, 2.75) is 12.8 Å². The first-order valence-electron chi connectivity index (χ1n) is 6.28. The predicted octanol–water partition coefficient (Wildman–Crippen LogP) is 1.62. The molecule has 0 saturated heterocycles. The lowest BCUT2D eigenvalue weighted by Gasteiger charge is -2.07. The van der Waals surface area contributed by atoms with E-state index in [2.05, 4.69) is 5.32 Å². The number of hydrogen-bond acceptors (Lipinski definition) is 4. The number of methoxy groups -OCH3 is 2. The van der Waals surface area contributed by atoms with E-state index in [1.54, 1.807) is 14.2 Å². The van der Waals surface area contributed by atoms with Crippen LogP contribution >= 0.6 is 0 Å². The van der Waals surface area contributed by atoms with E-state index in [0.29, 0.717) is 32.6 Å². The summed E-state index contributed by atoms with van der Waals surface area (Å²) in [4.78, 5) is 11.4. The van der Waals surface area contributed by atoms with Crippen molar-refractivity contribution in [1.29, 1.82) is 0 Å². The lowest BCUT2D eigenvalue weighted by Crippen LogP contribution is -2.26. The Balaban J connectivity index is 2.11. The molecule has 0 bridgehead atoms. The summed E-state index contributed by atoms with van der Waals surface area (Å²) in [5.74, 6) is 1.60. The highest BCUT2D eigenvalue weighted by atomic mass is 16.5. The van der Waals surface area contributed by atoms with E-state index in [0.717, 1.165) is 11.5 Å². The Kier molecular flexibility index (Phi) is 7.43. The van der Waals surface area contributed by atoms with E-state index in [9.17, 15) is 4.79 Å². The van der Waals surface area contributed by atoms with Crippen molar-refractivity contribution >= 4 is 5.91 Å². The maximum atomic E-state index is 11.4. The zero-order chi connectivity index (χ0) is 13.9. The highest BCUT2D eigenvalue weighted by Crippen LogP contribution is 2.17. The fraction of sp³-hybridized carbons (Fsp3) is 0.500. The molecule has 1 amide bonds. The van der Waals surface area contributed by atoms with Crippen molar-refractivity contribution in [2.24, 2.45) is 0 Å². The number of benzene rings is 1. The van der Waals surface area contributed by atoms with Crippen LogP contribution in [-0.2, 0) is 9.53 Å². The molecular formula is C14H21NO4. The number of carbonyl (C=O) groups is 1. The molecule has 0 aliphatic heterocycles. The van der Waals surface area contributed by atoms with Crippen LogP contribution in [0.3, 0.4) is 0 Å². The molecule has 106 valence electrons. The van der Waals surface area contributed by atoms with Crippen LogP contribution in [0.1, 0.15) is 12.8 Å². The van der Waals surface area contributed by atoms with Gasteiger partial charge in [-0.15, -0.1) is 0 Å². The van der Waals surface area contributed by atoms with Crippen LogP contribution in [0.15, 0.2) is 24.3 Å². The molecule has 1 N–H and O–H groups in total. The van der Waals surface area contributed by atoms with Gasteiger partial charge in [0, 0.05) is 20.1 Å². The van der Waals surface area contributed by atoms with Crippen LogP contribution in [0.5, 0.6) is 11.5 Å². The van der Waals surface area contributed by atoms with Gasteiger partial charge in [0.15, 0.2) is 0 Å². The topological polar surface area (TPSA) is 56.8 Å². The Morgan fingerprint density at radius 3 is 2.42 bits per heavy atom. The quantitative estimate of drug-likeness (QED) is 0.691. The van der Waals surface area contributed by atoms with Gasteiger partial charge in [-0.1, -0.05) is 0 Å². The van der Waals surface area contributed by atoms with Crippen molar-refractivity contribution in [3.63, 3.8) is 0 Å². The van der Waals surface area contributed by atoms with Gasteiger partial charge in [-0.25, -0.2) is 0 Å². The minimum Gasteiger partial charge on any atom is -0.497 e. The van der Waals surface area contributed by atoms with E-state index in [-0.39, 0.29) is 5.91 Å². The van der Waals surface area contributed by atoms with Crippen LogP contribution in [0, 0.1) is 0 Å². The molecule has 0 atom stereocenters. The molecule has 0 heterocycles. The molecular weight excluding hydrogens is 246 g/mol. The fourth-order valence-electron chi connectivity index (χ4n) is 1.48. The third kappa shape index (κ3) is 6.67. The van der Waals surface area contributed by atoms with Gasteiger partial charge in [0.2, 0.25) is 5.91 Å². The highest BCUT2D eigenvalue weighted by molar-refractivity contribution is 5.75. The van der Waals surface area contributed by atoms with E-state index in [1.165, 1.54) is 0 Å². The summed E-state index contributed by atoms with van der Waals surface area (Å²) in [5.41, 5.74) is 0. The number of hydrogen-bond donors (Lipinski definition) is 1. The Bertz CT molecular complexity index is 364.